The van der Waals surface area contributed by atoms with Crippen LogP contribution in [0, 0.1) is 5.92 Å². The van der Waals surface area contributed by atoms with Crippen LogP contribution in [0.15, 0.2) is 48.5 Å². The maximum atomic E-state index is 12.4. The number of aryl methyl sites for hydroxylation is 1. The molecule has 1 unspecified atom stereocenters. The average Bonchev–Trinajstić information content (AvgIpc) is 2.69. The van der Waals surface area contributed by atoms with Gasteiger partial charge in [0, 0.05) is 23.6 Å². The van der Waals surface area contributed by atoms with Crippen LogP contribution < -0.4 is 10.6 Å². The number of carbonyl (C=O) groups excluding carboxylic acids is 2. The lowest BCUT2D eigenvalue weighted by Crippen LogP contribution is -2.32. The van der Waals surface area contributed by atoms with E-state index < -0.39 is 0 Å². The van der Waals surface area contributed by atoms with E-state index in [0.717, 1.165) is 12.0 Å². The predicted molar refractivity (Wildman–Crippen MR) is 115 cm³/mol. The molecule has 2 amide bonds. The molecular formula is C23H29ClN2O2. The lowest BCUT2D eigenvalue weighted by molar-refractivity contribution is -0.122. The van der Waals surface area contributed by atoms with Gasteiger partial charge in [-0.2, -0.15) is 0 Å². The molecule has 1 atom stereocenters. The van der Waals surface area contributed by atoms with Gasteiger partial charge in [-0.3, -0.25) is 9.59 Å². The Morgan fingerprint density at radius 1 is 1.00 bits per heavy atom. The zero-order valence-electron chi connectivity index (χ0n) is 16.8. The molecule has 0 spiro atoms. The average molecular weight is 401 g/mol. The highest BCUT2D eigenvalue weighted by Crippen LogP contribution is 2.22. The Balaban J connectivity index is 1.79. The van der Waals surface area contributed by atoms with Gasteiger partial charge in [0.25, 0.3) is 5.91 Å². The molecule has 0 heterocycles. The van der Waals surface area contributed by atoms with Crippen molar-refractivity contribution in [2.75, 3.05) is 6.54 Å². The summed E-state index contributed by atoms with van der Waals surface area (Å²) in [5, 5.41) is 6.56. The van der Waals surface area contributed by atoms with Gasteiger partial charge in [0.15, 0.2) is 0 Å². The number of halogens is 1. The fraction of sp³-hybridized carbons (Fsp3) is 0.391. The molecule has 0 saturated heterocycles. The molecule has 0 fully saturated rings. The summed E-state index contributed by atoms with van der Waals surface area (Å²) in [5.41, 5.74) is 2.97. The fourth-order valence-corrected chi connectivity index (χ4v) is 3.12. The highest BCUT2D eigenvalue weighted by atomic mass is 35.5. The third-order valence-electron chi connectivity index (χ3n) is 4.70. The first kappa shape index (κ1) is 22.0. The largest absolute Gasteiger partial charge is 0.352 e. The van der Waals surface area contributed by atoms with Crippen molar-refractivity contribution < 1.29 is 9.59 Å². The predicted octanol–water partition coefficient (Wildman–Crippen LogP) is 4.93. The monoisotopic (exact) mass is 400 g/mol. The Hall–Kier alpha value is -2.33. The first-order valence-electron chi connectivity index (χ1n) is 9.82. The Labute approximate surface area is 172 Å². The summed E-state index contributed by atoms with van der Waals surface area (Å²) in [5.74, 6) is 0.133. The number of nitrogens with one attached hydrogen (secondary N) is 2. The number of amides is 2. The summed E-state index contributed by atoms with van der Waals surface area (Å²) in [6, 6.07) is 15.1. The molecule has 0 saturated carbocycles. The van der Waals surface area contributed by atoms with E-state index in [0.29, 0.717) is 35.9 Å². The Morgan fingerprint density at radius 2 is 1.64 bits per heavy atom. The molecule has 28 heavy (non-hydrogen) atoms. The zero-order valence-corrected chi connectivity index (χ0v) is 17.6. The van der Waals surface area contributed by atoms with Crippen molar-refractivity contribution in [3.05, 3.63) is 70.2 Å². The van der Waals surface area contributed by atoms with Crippen LogP contribution in [0.25, 0.3) is 0 Å². The maximum Gasteiger partial charge on any atom is 0.251 e. The summed E-state index contributed by atoms with van der Waals surface area (Å²) in [4.78, 5) is 24.4. The standard InChI is InChI=1S/C23H29ClN2O2/c1-4-17-7-9-18(10-8-17)22(16(2)3)26-21(27)6-5-15-25-23(28)19-11-13-20(24)14-12-19/h7-14,16,22H,4-6,15H2,1-3H3,(H,25,28)(H,26,27). The smallest absolute Gasteiger partial charge is 0.251 e. The van der Waals surface area contributed by atoms with Gasteiger partial charge in [-0.05, 0) is 54.2 Å². The van der Waals surface area contributed by atoms with E-state index in [1.807, 2.05) is 0 Å². The zero-order chi connectivity index (χ0) is 20.5. The number of rotatable bonds is 9. The van der Waals surface area contributed by atoms with Gasteiger partial charge in [0.1, 0.15) is 0 Å². The van der Waals surface area contributed by atoms with E-state index in [-0.39, 0.29) is 17.9 Å². The molecule has 0 aliphatic heterocycles. The molecule has 0 aromatic heterocycles. The van der Waals surface area contributed by atoms with Crippen molar-refractivity contribution >= 4 is 23.4 Å². The van der Waals surface area contributed by atoms with Crippen molar-refractivity contribution in [1.82, 2.24) is 10.6 Å². The molecule has 0 aliphatic carbocycles. The third kappa shape index (κ3) is 6.68. The number of carbonyl (C=O) groups is 2. The number of hydrogen-bond acceptors (Lipinski definition) is 2. The molecule has 150 valence electrons. The molecule has 0 radical (unpaired) electrons. The van der Waals surface area contributed by atoms with Gasteiger partial charge in [-0.25, -0.2) is 0 Å². The summed E-state index contributed by atoms with van der Waals surface area (Å²) >= 11 is 5.82. The first-order valence-corrected chi connectivity index (χ1v) is 10.2. The molecule has 2 aromatic carbocycles. The summed E-state index contributed by atoms with van der Waals surface area (Å²) in [6.07, 6.45) is 1.96. The minimum atomic E-state index is -0.159. The second-order valence-corrected chi connectivity index (χ2v) is 7.69. The Morgan fingerprint density at radius 3 is 2.21 bits per heavy atom. The van der Waals surface area contributed by atoms with Crippen molar-refractivity contribution in [2.45, 2.75) is 46.1 Å². The van der Waals surface area contributed by atoms with Crippen molar-refractivity contribution in [3.8, 4) is 0 Å². The van der Waals surface area contributed by atoms with Gasteiger partial charge in [0.2, 0.25) is 5.91 Å². The van der Waals surface area contributed by atoms with E-state index >= 15 is 0 Å². The number of benzene rings is 2. The summed E-state index contributed by atoms with van der Waals surface area (Å²) < 4.78 is 0. The normalized spacial score (nSPS) is 11.9. The minimum Gasteiger partial charge on any atom is -0.352 e. The van der Waals surface area contributed by atoms with Gasteiger partial charge < -0.3 is 10.6 Å². The minimum absolute atomic E-state index is 0.000917. The van der Waals surface area contributed by atoms with Crippen LogP contribution in [0.5, 0.6) is 0 Å². The van der Waals surface area contributed by atoms with Crippen LogP contribution in [0.1, 0.15) is 61.1 Å². The van der Waals surface area contributed by atoms with Crippen molar-refractivity contribution in [2.24, 2.45) is 5.92 Å². The maximum absolute atomic E-state index is 12.4. The molecule has 2 N–H and O–H groups in total. The molecule has 4 nitrogen and oxygen atoms in total. The molecule has 0 bridgehead atoms. The summed E-state index contributed by atoms with van der Waals surface area (Å²) in [7, 11) is 0. The van der Waals surface area contributed by atoms with E-state index in [4.69, 9.17) is 11.6 Å². The molecule has 5 heteroatoms. The lowest BCUT2D eigenvalue weighted by atomic mass is 9.94. The highest BCUT2D eigenvalue weighted by molar-refractivity contribution is 6.30. The molecule has 0 aliphatic rings. The fourth-order valence-electron chi connectivity index (χ4n) is 3.00. The van der Waals surface area contributed by atoms with Crippen LogP contribution in [0.4, 0.5) is 0 Å². The topological polar surface area (TPSA) is 58.2 Å². The lowest BCUT2D eigenvalue weighted by Gasteiger charge is -2.23. The number of hydrogen-bond donors (Lipinski definition) is 2. The van der Waals surface area contributed by atoms with Gasteiger partial charge in [-0.1, -0.05) is 56.6 Å². The van der Waals surface area contributed by atoms with E-state index in [9.17, 15) is 9.59 Å². The Bertz CT molecular complexity index is 770. The molecule has 2 rings (SSSR count). The van der Waals surface area contributed by atoms with Crippen LogP contribution >= 0.6 is 11.6 Å². The molecule has 2 aromatic rings. The quantitative estimate of drug-likeness (QED) is 0.586. The van der Waals surface area contributed by atoms with Crippen LogP contribution in [-0.2, 0) is 11.2 Å². The second-order valence-electron chi connectivity index (χ2n) is 7.25. The highest BCUT2D eigenvalue weighted by Gasteiger charge is 2.18. The van der Waals surface area contributed by atoms with Gasteiger partial charge in [-0.15, -0.1) is 0 Å². The SMILES string of the molecule is CCc1ccc(C(NC(=O)CCCNC(=O)c2ccc(Cl)cc2)C(C)C)cc1. The van der Waals surface area contributed by atoms with E-state index in [1.165, 1.54) is 5.56 Å². The van der Waals surface area contributed by atoms with E-state index in [2.05, 4.69) is 55.7 Å². The first-order chi connectivity index (χ1) is 13.4. The summed E-state index contributed by atoms with van der Waals surface area (Å²) in [6.45, 7) is 6.78. The second kappa shape index (κ2) is 10.9. The van der Waals surface area contributed by atoms with Crippen molar-refractivity contribution in [1.29, 1.82) is 0 Å². The van der Waals surface area contributed by atoms with Gasteiger partial charge in [0.05, 0.1) is 6.04 Å². The molecular weight excluding hydrogens is 372 g/mol. The van der Waals surface area contributed by atoms with E-state index in [1.54, 1.807) is 24.3 Å². The van der Waals surface area contributed by atoms with Gasteiger partial charge >= 0.3 is 0 Å². The third-order valence-corrected chi connectivity index (χ3v) is 4.95. The van der Waals surface area contributed by atoms with Crippen LogP contribution in [0.2, 0.25) is 5.02 Å². The Kier molecular flexibility index (Phi) is 8.52. The van der Waals surface area contributed by atoms with Crippen molar-refractivity contribution in [3.63, 3.8) is 0 Å². The van der Waals surface area contributed by atoms with Crippen LogP contribution in [-0.4, -0.2) is 18.4 Å². The van der Waals surface area contributed by atoms with Crippen LogP contribution in [0.3, 0.4) is 0 Å².